The van der Waals surface area contributed by atoms with Crippen molar-refractivity contribution >= 4 is 0 Å². The Kier molecular flexibility index (Phi) is 2.70. The van der Waals surface area contributed by atoms with Crippen molar-refractivity contribution in [3.8, 4) is 0 Å². The Balaban J connectivity index is 1.87. The first-order valence-electron chi connectivity index (χ1n) is 4.64. The molecule has 0 saturated carbocycles. The first-order chi connectivity index (χ1) is 6.86. The van der Waals surface area contributed by atoms with Crippen LogP contribution < -0.4 is 5.32 Å². The Labute approximate surface area is 82.7 Å². The maximum Gasteiger partial charge on any atom is 0.117 e. The fraction of sp³-hybridized carbons (Fsp3) is 0.273. The summed E-state index contributed by atoms with van der Waals surface area (Å²) in [6, 6.07) is 6.08. The van der Waals surface area contributed by atoms with Gasteiger partial charge in [0.1, 0.15) is 5.76 Å². The van der Waals surface area contributed by atoms with Gasteiger partial charge in [-0.25, -0.2) is 0 Å². The lowest BCUT2D eigenvalue weighted by Crippen LogP contribution is -2.17. The van der Waals surface area contributed by atoms with Gasteiger partial charge in [-0.3, -0.25) is 0 Å². The summed E-state index contributed by atoms with van der Waals surface area (Å²) in [6.07, 6.45) is 5.11. The molecular formula is C11H13NO2. The van der Waals surface area contributed by atoms with Crippen molar-refractivity contribution in [2.24, 2.45) is 0 Å². The quantitative estimate of drug-likeness (QED) is 0.807. The average Bonchev–Trinajstić information content (AvgIpc) is 2.87. The van der Waals surface area contributed by atoms with Gasteiger partial charge in [0.2, 0.25) is 0 Å². The van der Waals surface area contributed by atoms with Crippen LogP contribution in [0.2, 0.25) is 0 Å². The summed E-state index contributed by atoms with van der Waals surface area (Å²) in [5.74, 6) is 0.945. The Morgan fingerprint density at radius 3 is 2.93 bits per heavy atom. The number of hydrogen-bond donors (Lipinski definition) is 1. The zero-order valence-corrected chi connectivity index (χ0v) is 8.07. The summed E-state index contributed by atoms with van der Waals surface area (Å²) in [5.41, 5.74) is 1.15. The first-order valence-corrected chi connectivity index (χ1v) is 4.64. The van der Waals surface area contributed by atoms with E-state index < -0.39 is 0 Å². The van der Waals surface area contributed by atoms with Crippen molar-refractivity contribution in [3.63, 3.8) is 0 Å². The highest BCUT2D eigenvalue weighted by molar-refractivity contribution is 5.10. The van der Waals surface area contributed by atoms with Gasteiger partial charge in [0.05, 0.1) is 25.3 Å². The molecule has 0 bridgehead atoms. The third-order valence-electron chi connectivity index (χ3n) is 2.21. The second-order valence-electron chi connectivity index (χ2n) is 3.24. The van der Waals surface area contributed by atoms with Gasteiger partial charge in [-0.1, -0.05) is 0 Å². The van der Waals surface area contributed by atoms with Crippen LogP contribution in [0.15, 0.2) is 45.8 Å². The minimum atomic E-state index is 0.277. The molecule has 3 nitrogen and oxygen atoms in total. The minimum absolute atomic E-state index is 0.277. The molecule has 1 atom stereocenters. The van der Waals surface area contributed by atoms with Crippen LogP contribution in [0.4, 0.5) is 0 Å². The summed E-state index contributed by atoms with van der Waals surface area (Å²) in [7, 11) is 0. The van der Waals surface area contributed by atoms with E-state index in [4.69, 9.17) is 8.83 Å². The Morgan fingerprint density at radius 2 is 2.29 bits per heavy atom. The fourth-order valence-electron chi connectivity index (χ4n) is 1.31. The maximum absolute atomic E-state index is 5.22. The van der Waals surface area contributed by atoms with Gasteiger partial charge in [0.15, 0.2) is 0 Å². The van der Waals surface area contributed by atoms with E-state index in [1.807, 2.05) is 18.2 Å². The van der Waals surface area contributed by atoms with E-state index >= 15 is 0 Å². The molecule has 0 aliphatic carbocycles. The second-order valence-corrected chi connectivity index (χ2v) is 3.24. The van der Waals surface area contributed by atoms with Crippen LogP contribution in [0, 0.1) is 0 Å². The molecule has 0 saturated heterocycles. The van der Waals surface area contributed by atoms with E-state index in [2.05, 4.69) is 12.2 Å². The van der Waals surface area contributed by atoms with E-state index in [1.165, 1.54) is 0 Å². The lowest BCUT2D eigenvalue weighted by Gasteiger charge is -2.09. The molecule has 0 fully saturated rings. The molecule has 2 aromatic heterocycles. The topological polar surface area (TPSA) is 38.3 Å². The number of nitrogens with one attached hydrogen (secondary N) is 1. The molecule has 0 amide bonds. The molecule has 74 valence electrons. The van der Waals surface area contributed by atoms with Crippen LogP contribution in [0.3, 0.4) is 0 Å². The van der Waals surface area contributed by atoms with E-state index in [-0.39, 0.29) is 6.04 Å². The SMILES string of the molecule is CC(NCc1ccco1)c1ccoc1. The standard InChI is InChI=1S/C11H13NO2/c1-9(10-4-6-13-8-10)12-7-11-3-2-5-14-11/h2-6,8-9,12H,7H2,1H3. The third kappa shape index (κ3) is 2.06. The van der Waals surface area contributed by atoms with E-state index in [0.29, 0.717) is 0 Å². The van der Waals surface area contributed by atoms with Crippen LogP contribution in [0.5, 0.6) is 0 Å². The number of furan rings is 2. The summed E-state index contributed by atoms with van der Waals surface area (Å²) in [5, 5.41) is 3.33. The maximum atomic E-state index is 5.22. The van der Waals surface area contributed by atoms with Crippen molar-refractivity contribution in [1.82, 2.24) is 5.32 Å². The Bertz CT molecular complexity index is 351. The molecule has 1 N–H and O–H groups in total. The van der Waals surface area contributed by atoms with Gasteiger partial charge in [-0.05, 0) is 25.1 Å². The molecule has 2 heterocycles. The summed E-state index contributed by atoms with van der Waals surface area (Å²) < 4.78 is 10.2. The van der Waals surface area contributed by atoms with Crippen molar-refractivity contribution < 1.29 is 8.83 Å². The highest BCUT2D eigenvalue weighted by Gasteiger charge is 2.06. The number of rotatable bonds is 4. The van der Waals surface area contributed by atoms with Crippen LogP contribution >= 0.6 is 0 Å². The van der Waals surface area contributed by atoms with Crippen LogP contribution in [-0.2, 0) is 6.54 Å². The highest BCUT2D eigenvalue weighted by Crippen LogP contribution is 2.13. The fourth-order valence-corrected chi connectivity index (χ4v) is 1.31. The van der Waals surface area contributed by atoms with Gasteiger partial charge in [0, 0.05) is 11.6 Å². The van der Waals surface area contributed by atoms with Crippen LogP contribution in [0.25, 0.3) is 0 Å². The molecule has 2 aromatic rings. The predicted molar refractivity (Wildman–Crippen MR) is 52.7 cm³/mol. The van der Waals surface area contributed by atoms with Gasteiger partial charge in [0.25, 0.3) is 0 Å². The average molecular weight is 191 g/mol. The molecule has 0 aliphatic heterocycles. The third-order valence-corrected chi connectivity index (χ3v) is 2.21. The molecule has 0 aromatic carbocycles. The summed E-state index contributed by atoms with van der Waals surface area (Å²) in [4.78, 5) is 0. The zero-order valence-electron chi connectivity index (χ0n) is 8.07. The lowest BCUT2D eigenvalue weighted by atomic mass is 10.2. The van der Waals surface area contributed by atoms with Gasteiger partial charge < -0.3 is 14.2 Å². The molecule has 0 spiro atoms. The monoisotopic (exact) mass is 191 g/mol. The molecule has 1 unspecified atom stereocenters. The predicted octanol–water partition coefficient (Wildman–Crippen LogP) is 2.72. The largest absolute Gasteiger partial charge is 0.472 e. The van der Waals surface area contributed by atoms with E-state index in [1.54, 1.807) is 18.8 Å². The van der Waals surface area contributed by atoms with Crippen molar-refractivity contribution in [2.45, 2.75) is 19.5 Å². The molecule has 14 heavy (non-hydrogen) atoms. The Hall–Kier alpha value is -1.48. The molecular weight excluding hydrogens is 178 g/mol. The van der Waals surface area contributed by atoms with Crippen LogP contribution in [-0.4, -0.2) is 0 Å². The highest BCUT2D eigenvalue weighted by atomic mass is 16.3. The zero-order chi connectivity index (χ0) is 9.80. The number of hydrogen-bond acceptors (Lipinski definition) is 3. The normalized spacial score (nSPS) is 12.9. The van der Waals surface area contributed by atoms with Crippen molar-refractivity contribution in [1.29, 1.82) is 0 Å². The van der Waals surface area contributed by atoms with Crippen molar-refractivity contribution in [3.05, 3.63) is 48.3 Å². The van der Waals surface area contributed by atoms with Gasteiger partial charge in [-0.15, -0.1) is 0 Å². The Morgan fingerprint density at radius 1 is 1.36 bits per heavy atom. The summed E-state index contributed by atoms with van der Waals surface area (Å²) >= 11 is 0. The van der Waals surface area contributed by atoms with E-state index in [0.717, 1.165) is 17.9 Å². The van der Waals surface area contributed by atoms with Gasteiger partial charge >= 0.3 is 0 Å². The second kappa shape index (κ2) is 4.15. The van der Waals surface area contributed by atoms with Crippen LogP contribution in [0.1, 0.15) is 24.3 Å². The molecule has 0 aliphatic rings. The minimum Gasteiger partial charge on any atom is -0.472 e. The molecule has 0 radical (unpaired) electrons. The van der Waals surface area contributed by atoms with E-state index in [9.17, 15) is 0 Å². The molecule has 3 heteroatoms. The van der Waals surface area contributed by atoms with Gasteiger partial charge in [-0.2, -0.15) is 0 Å². The van der Waals surface area contributed by atoms with Crippen molar-refractivity contribution in [2.75, 3.05) is 0 Å². The smallest absolute Gasteiger partial charge is 0.117 e. The lowest BCUT2D eigenvalue weighted by molar-refractivity contribution is 0.458. The summed E-state index contributed by atoms with van der Waals surface area (Å²) in [6.45, 7) is 2.83. The first kappa shape index (κ1) is 9.09. The molecule has 2 rings (SSSR count).